The third-order valence-corrected chi connectivity index (χ3v) is 7.72. The molecule has 1 saturated carbocycles. The standard InChI is InChI=1S/C29H31FN4O4/c1-14-11-33(12-15(2)37-14)29(36)19-7-8-20-23(9-19)34(13-18-5-6-18)27-22(28(31)35)10-21(26(30)25(20)27)24-16(3)32-38-17(24)4/h7-10,14-15,18H,5-6,11-13H2,1-4H3,(H2,31,35)/t14-,15+. The minimum atomic E-state index is -0.643. The van der Waals surface area contributed by atoms with Gasteiger partial charge < -0.3 is 24.5 Å². The van der Waals surface area contributed by atoms with Gasteiger partial charge in [-0.2, -0.15) is 0 Å². The summed E-state index contributed by atoms with van der Waals surface area (Å²) in [4.78, 5) is 28.1. The molecule has 0 bridgehead atoms. The van der Waals surface area contributed by atoms with E-state index in [1.54, 1.807) is 30.9 Å². The Morgan fingerprint density at radius 2 is 1.84 bits per heavy atom. The zero-order valence-corrected chi connectivity index (χ0v) is 22.0. The van der Waals surface area contributed by atoms with E-state index in [1.165, 1.54) is 6.07 Å². The molecular formula is C29H31FN4O4. The highest BCUT2D eigenvalue weighted by Gasteiger charge is 2.31. The van der Waals surface area contributed by atoms with Crippen molar-refractivity contribution in [2.24, 2.45) is 11.7 Å². The molecule has 2 amide bonds. The van der Waals surface area contributed by atoms with Crippen molar-refractivity contribution in [3.05, 3.63) is 52.7 Å². The van der Waals surface area contributed by atoms with Crippen LogP contribution in [0, 0.1) is 25.6 Å². The Kier molecular flexibility index (Phi) is 5.79. The normalized spacial score (nSPS) is 20.0. The molecule has 4 aromatic rings. The Balaban J connectivity index is 1.60. The zero-order valence-electron chi connectivity index (χ0n) is 22.0. The molecule has 0 spiro atoms. The number of hydrogen-bond donors (Lipinski definition) is 1. The van der Waals surface area contributed by atoms with Crippen LogP contribution in [0.2, 0.25) is 0 Å². The van der Waals surface area contributed by atoms with Crippen molar-refractivity contribution in [3.63, 3.8) is 0 Å². The number of halogens is 1. The van der Waals surface area contributed by atoms with E-state index in [4.69, 9.17) is 15.0 Å². The van der Waals surface area contributed by atoms with Gasteiger partial charge in [0.2, 0.25) is 0 Å². The first kappa shape index (κ1) is 24.6. The van der Waals surface area contributed by atoms with Gasteiger partial charge in [-0.25, -0.2) is 4.39 Å². The van der Waals surface area contributed by atoms with Crippen LogP contribution >= 0.6 is 0 Å². The number of carbonyl (C=O) groups is 2. The molecule has 2 atom stereocenters. The molecule has 1 saturated heterocycles. The third kappa shape index (κ3) is 3.96. The minimum Gasteiger partial charge on any atom is -0.372 e. The van der Waals surface area contributed by atoms with Gasteiger partial charge in [0.1, 0.15) is 11.6 Å². The van der Waals surface area contributed by atoms with Gasteiger partial charge in [-0.05, 0) is 64.7 Å². The van der Waals surface area contributed by atoms with Gasteiger partial charge in [-0.15, -0.1) is 0 Å². The summed E-state index contributed by atoms with van der Waals surface area (Å²) in [6.45, 7) is 8.99. The highest BCUT2D eigenvalue weighted by molar-refractivity contribution is 6.18. The van der Waals surface area contributed by atoms with E-state index in [9.17, 15) is 9.59 Å². The molecular weight excluding hydrogens is 487 g/mol. The van der Waals surface area contributed by atoms with Crippen molar-refractivity contribution in [3.8, 4) is 11.1 Å². The van der Waals surface area contributed by atoms with Crippen LogP contribution in [0.3, 0.4) is 0 Å². The van der Waals surface area contributed by atoms with Crippen molar-refractivity contribution >= 4 is 33.6 Å². The van der Waals surface area contributed by atoms with Crippen LogP contribution in [-0.2, 0) is 11.3 Å². The van der Waals surface area contributed by atoms with Crippen molar-refractivity contribution in [2.75, 3.05) is 13.1 Å². The Hall–Kier alpha value is -3.72. The van der Waals surface area contributed by atoms with E-state index in [2.05, 4.69) is 5.16 Å². The quantitative estimate of drug-likeness (QED) is 0.402. The number of nitrogens with two attached hydrogens (primary N) is 1. The number of primary amides is 1. The lowest BCUT2D eigenvalue weighted by Crippen LogP contribution is -2.48. The molecule has 2 fully saturated rings. The summed E-state index contributed by atoms with van der Waals surface area (Å²) >= 11 is 0. The van der Waals surface area contributed by atoms with Crippen LogP contribution in [0.1, 0.15) is 58.9 Å². The first-order valence-corrected chi connectivity index (χ1v) is 13.1. The topological polar surface area (TPSA) is 104 Å². The number of aryl methyl sites for hydroxylation is 2. The van der Waals surface area contributed by atoms with Crippen molar-refractivity contribution in [1.29, 1.82) is 0 Å². The van der Waals surface area contributed by atoms with E-state index < -0.39 is 11.7 Å². The van der Waals surface area contributed by atoms with Crippen LogP contribution in [-0.4, -0.2) is 51.7 Å². The molecule has 2 aromatic carbocycles. The van der Waals surface area contributed by atoms with E-state index >= 15 is 4.39 Å². The van der Waals surface area contributed by atoms with E-state index in [1.807, 2.05) is 24.5 Å². The summed E-state index contributed by atoms with van der Waals surface area (Å²) < 4.78 is 29.5. The summed E-state index contributed by atoms with van der Waals surface area (Å²) in [5, 5.41) is 4.93. The van der Waals surface area contributed by atoms with Crippen molar-refractivity contribution < 1.29 is 23.2 Å². The molecule has 6 rings (SSSR count). The SMILES string of the molecule is Cc1noc(C)c1-c1cc(C(N)=O)c2c(c1F)c1ccc(C(=O)N3C[C@@H](C)O[C@@H](C)C3)cc1n2CC1CC1. The van der Waals surface area contributed by atoms with Crippen LogP contribution in [0.5, 0.6) is 0 Å². The number of hydrogen-bond acceptors (Lipinski definition) is 5. The van der Waals surface area contributed by atoms with Gasteiger partial charge in [-0.3, -0.25) is 9.59 Å². The van der Waals surface area contributed by atoms with Gasteiger partial charge in [0.15, 0.2) is 0 Å². The van der Waals surface area contributed by atoms with Crippen LogP contribution in [0.4, 0.5) is 4.39 Å². The number of amides is 2. The minimum absolute atomic E-state index is 0.0530. The fraction of sp³-hybridized carbons (Fsp3) is 0.414. The summed E-state index contributed by atoms with van der Waals surface area (Å²) in [5.74, 6) is -0.312. The first-order chi connectivity index (χ1) is 18.1. The molecule has 2 aromatic heterocycles. The van der Waals surface area contributed by atoms with E-state index in [0.29, 0.717) is 69.9 Å². The average Bonchev–Trinajstić information content (AvgIpc) is 3.56. The second-order valence-corrected chi connectivity index (χ2v) is 10.8. The summed E-state index contributed by atoms with van der Waals surface area (Å²) in [7, 11) is 0. The lowest BCUT2D eigenvalue weighted by Gasteiger charge is -2.35. The third-order valence-electron chi connectivity index (χ3n) is 7.72. The van der Waals surface area contributed by atoms with Gasteiger partial charge in [0.05, 0.1) is 40.1 Å². The number of benzene rings is 2. The predicted octanol–water partition coefficient (Wildman–Crippen LogP) is 4.96. The second kappa shape index (κ2) is 8.94. The Morgan fingerprint density at radius 1 is 1.13 bits per heavy atom. The van der Waals surface area contributed by atoms with E-state index in [-0.39, 0.29) is 29.2 Å². The maximum absolute atomic E-state index is 16.4. The number of aromatic nitrogens is 2. The smallest absolute Gasteiger partial charge is 0.254 e. The Morgan fingerprint density at radius 3 is 2.45 bits per heavy atom. The summed E-state index contributed by atoms with van der Waals surface area (Å²) in [5.41, 5.74) is 9.07. The average molecular weight is 519 g/mol. The van der Waals surface area contributed by atoms with E-state index in [0.717, 1.165) is 12.8 Å². The molecule has 198 valence electrons. The zero-order chi connectivity index (χ0) is 26.9. The van der Waals surface area contributed by atoms with Crippen LogP contribution < -0.4 is 5.73 Å². The molecule has 2 aliphatic rings. The van der Waals surface area contributed by atoms with Crippen molar-refractivity contribution in [1.82, 2.24) is 14.6 Å². The Labute approximate surface area is 219 Å². The highest BCUT2D eigenvalue weighted by atomic mass is 19.1. The van der Waals surface area contributed by atoms with Crippen LogP contribution in [0.15, 0.2) is 28.8 Å². The molecule has 0 radical (unpaired) electrons. The van der Waals surface area contributed by atoms with Gasteiger partial charge in [0, 0.05) is 41.5 Å². The maximum Gasteiger partial charge on any atom is 0.254 e. The monoisotopic (exact) mass is 518 g/mol. The largest absolute Gasteiger partial charge is 0.372 e. The summed E-state index contributed by atoms with van der Waals surface area (Å²) in [6.07, 6.45) is 2.02. The van der Waals surface area contributed by atoms with Gasteiger partial charge >= 0.3 is 0 Å². The molecule has 3 heterocycles. The number of rotatable bonds is 5. The lowest BCUT2D eigenvalue weighted by molar-refractivity contribution is -0.0586. The molecule has 0 unspecified atom stereocenters. The molecule has 9 heteroatoms. The fourth-order valence-electron chi connectivity index (χ4n) is 5.91. The Bertz CT molecular complexity index is 1590. The maximum atomic E-state index is 16.4. The number of nitrogens with zero attached hydrogens (tertiary/aromatic N) is 3. The second-order valence-electron chi connectivity index (χ2n) is 10.8. The molecule has 8 nitrogen and oxygen atoms in total. The molecule has 38 heavy (non-hydrogen) atoms. The molecule has 1 aliphatic carbocycles. The fourth-order valence-corrected chi connectivity index (χ4v) is 5.91. The first-order valence-electron chi connectivity index (χ1n) is 13.1. The molecule has 2 N–H and O–H groups in total. The number of fused-ring (bicyclic) bond motifs is 3. The number of ether oxygens (including phenoxy) is 1. The predicted molar refractivity (Wildman–Crippen MR) is 142 cm³/mol. The lowest BCUT2D eigenvalue weighted by atomic mass is 9.96. The van der Waals surface area contributed by atoms with Gasteiger partial charge in [0.25, 0.3) is 11.8 Å². The summed E-state index contributed by atoms with van der Waals surface area (Å²) in [6, 6.07) is 6.86. The number of morpholine rings is 1. The highest BCUT2D eigenvalue weighted by Crippen LogP contribution is 2.42. The van der Waals surface area contributed by atoms with Crippen LogP contribution in [0.25, 0.3) is 32.9 Å². The van der Waals surface area contributed by atoms with Crippen molar-refractivity contribution in [2.45, 2.75) is 59.3 Å². The van der Waals surface area contributed by atoms with Gasteiger partial charge in [-0.1, -0.05) is 11.2 Å². The number of carbonyl (C=O) groups excluding carboxylic acids is 2. The molecule has 1 aliphatic heterocycles.